The largest absolute Gasteiger partial charge is 0.459 e. The summed E-state index contributed by atoms with van der Waals surface area (Å²) in [4.78, 5) is 14.9. The molecule has 3 aromatic rings. The summed E-state index contributed by atoms with van der Waals surface area (Å²) in [7, 11) is 0. The molecule has 26 heavy (non-hydrogen) atoms. The molecule has 132 valence electrons. The minimum Gasteiger partial charge on any atom is -0.459 e. The highest BCUT2D eigenvalue weighted by Crippen LogP contribution is 2.34. The Morgan fingerprint density at radius 3 is 2.73 bits per heavy atom. The Bertz CT molecular complexity index is 940. The van der Waals surface area contributed by atoms with Crippen molar-refractivity contribution < 1.29 is 18.7 Å². The van der Waals surface area contributed by atoms with Crippen LogP contribution in [0, 0.1) is 0 Å². The summed E-state index contributed by atoms with van der Waals surface area (Å²) in [5.74, 6) is 2.40. The minimum atomic E-state index is 0.117. The molecule has 0 N–H and O–H groups in total. The van der Waals surface area contributed by atoms with Crippen LogP contribution in [-0.2, 0) is 17.8 Å². The van der Waals surface area contributed by atoms with Gasteiger partial charge in [-0.1, -0.05) is 24.3 Å². The summed E-state index contributed by atoms with van der Waals surface area (Å²) in [6.07, 6.45) is 2.48. The number of amides is 1. The first-order valence-electron chi connectivity index (χ1n) is 8.92. The summed E-state index contributed by atoms with van der Waals surface area (Å²) in [6.45, 7) is 0.760. The van der Waals surface area contributed by atoms with Crippen molar-refractivity contribution in [3.63, 3.8) is 0 Å². The number of carbonyl (C=O) groups excluding carboxylic acids is 1. The lowest BCUT2D eigenvalue weighted by Crippen LogP contribution is -2.33. The monoisotopic (exact) mass is 349 g/mol. The Morgan fingerprint density at radius 1 is 1.04 bits per heavy atom. The fraction of sp³-hybridized carbons (Fsp3) is 0.286. The van der Waals surface area contributed by atoms with E-state index >= 15 is 0 Å². The maximum atomic E-state index is 12.9. The zero-order valence-electron chi connectivity index (χ0n) is 14.3. The predicted octanol–water partition coefficient (Wildman–Crippen LogP) is 3.90. The smallest absolute Gasteiger partial charge is 0.231 e. The van der Waals surface area contributed by atoms with Crippen LogP contribution in [-0.4, -0.2) is 23.6 Å². The molecule has 1 fully saturated rings. The van der Waals surface area contributed by atoms with E-state index in [-0.39, 0.29) is 12.7 Å². The van der Waals surface area contributed by atoms with Gasteiger partial charge in [0.25, 0.3) is 0 Å². The number of ether oxygens (including phenoxy) is 2. The lowest BCUT2D eigenvalue weighted by molar-refractivity contribution is -0.131. The average molecular weight is 349 g/mol. The summed E-state index contributed by atoms with van der Waals surface area (Å²) >= 11 is 0. The van der Waals surface area contributed by atoms with Crippen molar-refractivity contribution in [1.29, 1.82) is 0 Å². The first kappa shape index (κ1) is 15.3. The maximum absolute atomic E-state index is 12.9. The van der Waals surface area contributed by atoms with Crippen molar-refractivity contribution in [3.8, 4) is 11.5 Å². The van der Waals surface area contributed by atoms with Crippen molar-refractivity contribution in [2.75, 3.05) is 6.79 Å². The van der Waals surface area contributed by atoms with Crippen LogP contribution in [0.15, 0.2) is 52.9 Å². The second-order valence-corrected chi connectivity index (χ2v) is 6.87. The number of rotatable bonds is 5. The molecule has 0 unspecified atom stereocenters. The van der Waals surface area contributed by atoms with E-state index in [2.05, 4.69) is 0 Å². The number of hydrogen-bond donors (Lipinski definition) is 0. The molecule has 0 saturated heterocycles. The van der Waals surface area contributed by atoms with E-state index in [0.29, 0.717) is 24.8 Å². The van der Waals surface area contributed by atoms with Crippen LogP contribution in [0.4, 0.5) is 0 Å². The Kier molecular flexibility index (Phi) is 3.59. The molecule has 1 amide bonds. The maximum Gasteiger partial charge on any atom is 0.231 e. The summed E-state index contributed by atoms with van der Waals surface area (Å²) in [5.41, 5.74) is 1.80. The van der Waals surface area contributed by atoms with Gasteiger partial charge in [-0.3, -0.25) is 4.79 Å². The fourth-order valence-corrected chi connectivity index (χ4v) is 3.42. The van der Waals surface area contributed by atoms with Gasteiger partial charge < -0.3 is 18.8 Å². The van der Waals surface area contributed by atoms with Crippen molar-refractivity contribution >= 4 is 16.9 Å². The third-order valence-electron chi connectivity index (χ3n) is 4.90. The molecule has 2 aliphatic rings. The highest BCUT2D eigenvalue weighted by Gasteiger charge is 2.33. The SMILES string of the molecule is O=C(Cc1ccc2c(c1)OCO2)N(Cc1cc2ccccc2o1)C1CC1. The van der Waals surface area contributed by atoms with E-state index in [0.717, 1.165) is 40.9 Å². The van der Waals surface area contributed by atoms with E-state index in [1.807, 2.05) is 53.4 Å². The molecule has 5 heteroatoms. The van der Waals surface area contributed by atoms with Gasteiger partial charge in [-0.25, -0.2) is 0 Å². The second-order valence-electron chi connectivity index (χ2n) is 6.87. The molecule has 5 nitrogen and oxygen atoms in total. The van der Waals surface area contributed by atoms with Crippen molar-refractivity contribution in [1.82, 2.24) is 4.90 Å². The quantitative estimate of drug-likeness (QED) is 0.701. The number of benzene rings is 2. The lowest BCUT2D eigenvalue weighted by atomic mass is 10.1. The first-order chi connectivity index (χ1) is 12.8. The number of hydrogen-bond acceptors (Lipinski definition) is 4. The zero-order chi connectivity index (χ0) is 17.5. The highest BCUT2D eigenvalue weighted by atomic mass is 16.7. The van der Waals surface area contributed by atoms with Gasteiger partial charge in [-0.15, -0.1) is 0 Å². The normalized spacial score (nSPS) is 15.4. The standard InChI is InChI=1S/C21H19NO4/c23-21(10-14-5-8-19-20(9-14)25-13-24-19)22(16-6-7-16)12-17-11-15-3-1-2-4-18(15)26-17/h1-5,8-9,11,16H,6-7,10,12-13H2. The van der Waals surface area contributed by atoms with E-state index in [9.17, 15) is 4.79 Å². The molecule has 0 radical (unpaired) electrons. The Morgan fingerprint density at radius 2 is 1.88 bits per heavy atom. The van der Waals surface area contributed by atoms with Crippen LogP contribution in [0.3, 0.4) is 0 Å². The van der Waals surface area contributed by atoms with Gasteiger partial charge in [0.1, 0.15) is 11.3 Å². The molecule has 1 aromatic heterocycles. The third kappa shape index (κ3) is 2.90. The van der Waals surface area contributed by atoms with Gasteiger partial charge in [-0.05, 0) is 42.7 Å². The van der Waals surface area contributed by atoms with Crippen molar-refractivity contribution in [2.45, 2.75) is 31.8 Å². The van der Waals surface area contributed by atoms with Crippen LogP contribution in [0.5, 0.6) is 11.5 Å². The van der Waals surface area contributed by atoms with Gasteiger partial charge in [0.2, 0.25) is 12.7 Å². The summed E-state index contributed by atoms with van der Waals surface area (Å²) in [6, 6.07) is 16.0. The minimum absolute atomic E-state index is 0.117. The number of nitrogens with zero attached hydrogens (tertiary/aromatic N) is 1. The first-order valence-corrected chi connectivity index (χ1v) is 8.92. The molecule has 1 aliphatic heterocycles. The lowest BCUT2D eigenvalue weighted by Gasteiger charge is -2.21. The molecule has 0 spiro atoms. The van der Waals surface area contributed by atoms with E-state index in [1.165, 1.54) is 0 Å². The average Bonchev–Trinajstić information content (AvgIpc) is 3.23. The molecule has 1 aliphatic carbocycles. The summed E-state index contributed by atoms with van der Waals surface area (Å²) < 4.78 is 16.6. The van der Waals surface area contributed by atoms with E-state index in [1.54, 1.807) is 0 Å². The number of carbonyl (C=O) groups is 1. The number of fused-ring (bicyclic) bond motifs is 2. The molecule has 0 bridgehead atoms. The topological polar surface area (TPSA) is 51.9 Å². The van der Waals surface area contributed by atoms with Crippen LogP contribution in [0.2, 0.25) is 0 Å². The number of furan rings is 1. The van der Waals surface area contributed by atoms with Gasteiger partial charge in [-0.2, -0.15) is 0 Å². The molecule has 1 saturated carbocycles. The van der Waals surface area contributed by atoms with Crippen LogP contribution >= 0.6 is 0 Å². The summed E-state index contributed by atoms with van der Waals surface area (Å²) in [5, 5.41) is 1.07. The Balaban J connectivity index is 1.34. The van der Waals surface area contributed by atoms with Gasteiger partial charge in [0.05, 0.1) is 13.0 Å². The van der Waals surface area contributed by atoms with Crippen molar-refractivity contribution in [2.24, 2.45) is 0 Å². The number of para-hydroxylation sites is 1. The second kappa shape index (κ2) is 6.09. The van der Waals surface area contributed by atoms with Gasteiger partial charge >= 0.3 is 0 Å². The molecule has 2 heterocycles. The molecule has 2 aromatic carbocycles. The van der Waals surface area contributed by atoms with Gasteiger partial charge in [0.15, 0.2) is 11.5 Å². The third-order valence-corrected chi connectivity index (χ3v) is 4.90. The van der Waals surface area contributed by atoms with Crippen LogP contribution < -0.4 is 9.47 Å². The highest BCUT2D eigenvalue weighted by molar-refractivity contribution is 5.80. The van der Waals surface area contributed by atoms with Crippen LogP contribution in [0.25, 0.3) is 11.0 Å². The Hall–Kier alpha value is -2.95. The van der Waals surface area contributed by atoms with Crippen LogP contribution in [0.1, 0.15) is 24.2 Å². The zero-order valence-corrected chi connectivity index (χ0v) is 14.3. The molecular weight excluding hydrogens is 330 g/mol. The van der Waals surface area contributed by atoms with Gasteiger partial charge in [0, 0.05) is 11.4 Å². The van der Waals surface area contributed by atoms with Crippen molar-refractivity contribution in [3.05, 3.63) is 59.9 Å². The molecule has 0 atom stereocenters. The Labute approximate surface area is 151 Å². The molecule has 5 rings (SSSR count). The van der Waals surface area contributed by atoms with E-state index in [4.69, 9.17) is 13.9 Å². The fourth-order valence-electron chi connectivity index (χ4n) is 3.42. The predicted molar refractivity (Wildman–Crippen MR) is 96.1 cm³/mol. The van der Waals surface area contributed by atoms with E-state index < -0.39 is 0 Å². The molecular formula is C21H19NO4.